The summed E-state index contributed by atoms with van der Waals surface area (Å²) in [6.07, 6.45) is 2.84. The molecule has 2 atom stereocenters. The summed E-state index contributed by atoms with van der Waals surface area (Å²) >= 11 is 0. The van der Waals surface area contributed by atoms with Crippen LogP contribution >= 0.6 is 0 Å². The highest BCUT2D eigenvalue weighted by Crippen LogP contribution is 2.30. The van der Waals surface area contributed by atoms with Crippen LogP contribution in [0.15, 0.2) is 24.3 Å². The van der Waals surface area contributed by atoms with Crippen LogP contribution in [0.1, 0.15) is 30.4 Å². The summed E-state index contributed by atoms with van der Waals surface area (Å²) in [5, 5.41) is 0. The maximum atomic E-state index is 12.8. The molecule has 2 amide bonds. The Morgan fingerprint density at radius 3 is 2.50 bits per heavy atom. The van der Waals surface area contributed by atoms with Crippen molar-refractivity contribution >= 4 is 12.3 Å². The molecule has 2 aliphatic heterocycles. The summed E-state index contributed by atoms with van der Waals surface area (Å²) < 4.78 is 5.32. The van der Waals surface area contributed by atoms with Crippen molar-refractivity contribution < 1.29 is 14.3 Å². The topological polar surface area (TPSA) is 49.9 Å². The Balaban J connectivity index is 1.73. The largest absolute Gasteiger partial charge is 0.378 e. The second kappa shape index (κ2) is 7.79. The number of piperidine rings is 1. The quantitative estimate of drug-likeness (QED) is 0.799. The molecule has 2 saturated heterocycles. The second-order valence-corrected chi connectivity index (χ2v) is 6.71. The zero-order valence-electron chi connectivity index (χ0n) is 14.3. The predicted molar refractivity (Wildman–Crippen MR) is 92.1 cm³/mol. The molecule has 0 saturated carbocycles. The summed E-state index contributed by atoms with van der Waals surface area (Å²) in [7, 11) is 0. The summed E-state index contributed by atoms with van der Waals surface area (Å²) in [5.74, 6) is 0.143. The van der Waals surface area contributed by atoms with Gasteiger partial charge in [0.15, 0.2) is 0 Å². The van der Waals surface area contributed by atoms with E-state index in [1.54, 1.807) is 0 Å². The van der Waals surface area contributed by atoms with E-state index < -0.39 is 0 Å². The van der Waals surface area contributed by atoms with Crippen LogP contribution in [0, 0.1) is 5.92 Å². The number of amides is 2. The van der Waals surface area contributed by atoms with Crippen molar-refractivity contribution in [2.75, 3.05) is 39.4 Å². The van der Waals surface area contributed by atoms with Crippen LogP contribution in [0.2, 0.25) is 0 Å². The van der Waals surface area contributed by atoms with Crippen molar-refractivity contribution in [1.82, 2.24) is 9.80 Å². The number of benzene rings is 1. The number of likely N-dealkylation sites (tertiary alicyclic amines) is 1. The van der Waals surface area contributed by atoms with Gasteiger partial charge in [0.05, 0.1) is 13.2 Å². The maximum absolute atomic E-state index is 12.8. The fourth-order valence-electron chi connectivity index (χ4n) is 3.61. The highest BCUT2D eigenvalue weighted by molar-refractivity contribution is 5.75. The average Bonchev–Trinajstić information content (AvgIpc) is 2.67. The average molecular weight is 330 g/mol. The second-order valence-electron chi connectivity index (χ2n) is 6.71. The maximum Gasteiger partial charge on any atom is 0.320 e. The van der Waals surface area contributed by atoms with E-state index in [1.807, 2.05) is 9.80 Å². The molecule has 24 heavy (non-hydrogen) atoms. The number of ether oxygens (including phenoxy) is 1. The third kappa shape index (κ3) is 3.78. The van der Waals surface area contributed by atoms with Gasteiger partial charge in [-0.15, -0.1) is 0 Å². The number of aldehydes is 1. The zero-order valence-corrected chi connectivity index (χ0v) is 14.3. The number of carbonyl (C=O) groups excluding carboxylic acids is 2. The number of morpholine rings is 1. The van der Waals surface area contributed by atoms with Crippen molar-refractivity contribution in [2.45, 2.75) is 25.7 Å². The number of nitrogens with zero attached hydrogens (tertiary/aromatic N) is 2. The molecule has 3 rings (SSSR count). The Labute approximate surface area is 143 Å². The first kappa shape index (κ1) is 17.0. The van der Waals surface area contributed by atoms with Gasteiger partial charge in [-0.05, 0) is 24.0 Å². The molecule has 2 unspecified atom stereocenters. The number of hydrogen-bond donors (Lipinski definition) is 0. The van der Waals surface area contributed by atoms with Crippen molar-refractivity contribution in [3.63, 3.8) is 0 Å². The Morgan fingerprint density at radius 1 is 1.17 bits per heavy atom. The SMILES string of the molecule is CCc1ccc(C2CC(C=O)CN(C(=O)N3CCOCC3)C2)cc1. The smallest absolute Gasteiger partial charge is 0.320 e. The highest BCUT2D eigenvalue weighted by Gasteiger charge is 2.33. The van der Waals surface area contributed by atoms with Crippen LogP contribution in [-0.4, -0.2) is 61.5 Å². The fourth-order valence-corrected chi connectivity index (χ4v) is 3.61. The molecular formula is C19H26N2O3. The van der Waals surface area contributed by atoms with E-state index in [9.17, 15) is 9.59 Å². The monoisotopic (exact) mass is 330 g/mol. The van der Waals surface area contributed by atoms with Gasteiger partial charge in [0.25, 0.3) is 0 Å². The standard InChI is InChI=1S/C19H26N2O3/c1-2-15-3-5-17(6-4-15)18-11-16(14-22)12-21(13-18)19(23)20-7-9-24-10-8-20/h3-6,14,16,18H,2,7-13H2,1H3. The first-order chi connectivity index (χ1) is 11.7. The molecule has 0 N–H and O–H groups in total. The molecule has 1 aromatic carbocycles. The van der Waals surface area contributed by atoms with Gasteiger partial charge in [0.2, 0.25) is 0 Å². The Kier molecular flexibility index (Phi) is 5.51. The molecule has 0 spiro atoms. The Bertz CT molecular complexity index is 566. The van der Waals surface area contributed by atoms with Gasteiger partial charge >= 0.3 is 6.03 Å². The summed E-state index contributed by atoms with van der Waals surface area (Å²) in [4.78, 5) is 27.9. The molecule has 2 aliphatic rings. The molecule has 0 aliphatic carbocycles. The van der Waals surface area contributed by atoms with Crippen LogP contribution in [0.5, 0.6) is 0 Å². The number of hydrogen-bond acceptors (Lipinski definition) is 3. The van der Waals surface area contributed by atoms with E-state index in [4.69, 9.17) is 4.74 Å². The molecule has 0 radical (unpaired) electrons. The van der Waals surface area contributed by atoms with Gasteiger partial charge in [0, 0.05) is 38.0 Å². The van der Waals surface area contributed by atoms with Crippen LogP contribution in [0.4, 0.5) is 4.79 Å². The van der Waals surface area contributed by atoms with Crippen LogP contribution < -0.4 is 0 Å². The summed E-state index contributed by atoms with van der Waals surface area (Å²) in [6, 6.07) is 8.63. The van der Waals surface area contributed by atoms with Crippen LogP contribution in [0.25, 0.3) is 0 Å². The minimum absolute atomic E-state index is 0.0417. The third-order valence-electron chi connectivity index (χ3n) is 5.09. The zero-order chi connectivity index (χ0) is 16.9. The van der Waals surface area contributed by atoms with Crippen molar-refractivity contribution in [3.05, 3.63) is 35.4 Å². The molecule has 0 aromatic heterocycles. The minimum atomic E-state index is -0.0837. The lowest BCUT2D eigenvalue weighted by Crippen LogP contribution is -2.52. The van der Waals surface area contributed by atoms with Crippen LogP contribution in [0.3, 0.4) is 0 Å². The lowest BCUT2D eigenvalue weighted by molar-refractivity contribution is -0.112. The number of rotatable bonds is 3. The predicted octanol–water partition coefficient (Wildman–Crippen LogP) is 2.31. The highest BCUT2D eigenvalue weighted by atomic mass is 16.5. The van der Waals surface area contributed by atoms with Crippen molar-refractivity contribution in [1.29, 1.82) is 0 Å². The molecule has 1 aromatic rings. The molecule has 2 heterocycles. The van der Waals surface area contributed by atoms with Gasteiger partial charge < -0.3 is 19.3 Å². The van der Waals surface area contributed by atoms with E-state index >= 15 is 0 Å². The summed E-state index contributed by atoms with van der Waals surface area (Å²) in [5.41, 5.74) is 2.53. The van der Waals surface area contributed by atoms with E-state index in [1.165, 1.54) is 11.1 Å². The number of aryl methyl sites for hydroxylation is 1. The summed E-state index contributed by atoms with van der Waals surface area (Å²) in [6.45, 7) is 5.82. The minimum Gasteiger partial charge on any atom is -0.378 e. The molecule has 130 valence electrons. The molecule has 0 bridgehead atoms. The lowest BCUT2D eigenvalue weighted by Gasteiger charge is -2.39. The Morgan fingerprint density at radius 2 is 1.88 bits per heavy atom. The molecule has 2 fully saturated rings. The first-order valence-electron chi connectivity index (χ1n) is 8.87. The lowest BCUT2D eigenvalue weighted by atomic mass is 9.85. The van der Waals surface area contributed by atoms with Gasteiger partial charge in [0.1, 0.15) is 6.29 Å². The van der Waals surface area contributed by atoms with Gasteiger partial charge in [-0.25, -0.2) is 4.79 Å². The fraction of sp³-hybridized carbons (Fsp3) is 0.579. The molecular weight excluding hydrogens is 304 g/mol. The van der Waals surface area contributed by atoms with E-state index in [2.05, 4.69) is 31.2 Å². The van der Waals surface area contributed by atoms with E-state index in [0.717, 1.165) is 19.1 Å². The molecule has 5 nitrogen and oxygen atoms in total. The van der Waals surface area contributed by atoms with Gasteiger partial charge in [-0.3, -0.25) is 0 Å². The number of carbonyl (C=O) groups is 2. The van der Waals surface area contributed by atoms with Crippen molar-refractivity contribution in [3.8, 4) is 0 Å². The molecule has 5 heteroatoms. The normalized spacial score (nSPS) is 24.7. The van der Waals surface area contributed by atoms with Crippen molar-refractivity contribution in [2.24, 2.45) is 5.92 Å². The first-order valence-corrected chi connectivity index (χ1v) is 8.87. The van der Waals surface area contributed by atoms with Crippen LogP contribution in [-0.2, 0) is 16.0 Å². The number of urea groups is 1. The Hall–Kier alpha value is -1.88. The van der Waals surface area contributed by atoms with Gasteiger partial charge in [-0.2, -0.15) is 0 Å². The third-order valence-corrected chi connectivity index (χ3v) is 5.09. The van der Waals surface area contributed by atoms with Gasteiger partial charge in [-0.1, -0.05) is 31.2 Å². The van der Waals surface area contributed by atoms with E-state index in [0.29, 0.717) is 39.4 Å². The van der Waals surface area contributed by atoms with E-state index in [-0.39, 0.29) is 17.9 Å².